The first-order valence-electron chi connectivity index (χ1n) is 8.08. The van der Waals surface area contributed by atoms with Crippen molar-refractivity contribution in [3.63, 3.8) is 0 Å². The molecule has 138 valence electrons. The van der Waals surface area contributed by atoms with Gasteiger partial charge in [0, 0.05) is 18.8 Å². The van der Waals surface area contributed by atoms with Gasteiger partial charge in [-0.1, -0.05) is 6.42 Å². The molecule has 0 radical (unpaired) electrons. The summed E-state index contributed by atoms with van der Waals surface area (Å²) < 4.78 is 39.0. The number of benzene rings is 1. The van der Waals surface area contributed by atoms with E-state index in [1.807, 2.05) is 0 Å². The van der Waals surface area contributed by atoms with E-state index in [-0.39, 0.29) is 24.7 Å². The van der Waals surface area contributed by atoms with Crippen LogP contribution in [0.15, 0.2) is 18.2 Å². The summed E-state index contributed by atoms with van der Waals surface area (Å²) in [6, 6.07) is 3.76. The van der Waals surface area contributed by atoms with Crippen molar-refractivity contribution in [2.45, 2.75) is 25.4 Å². The lowest BCUT2D eigenvalue weighted by Gasteiger charge is -2.23. The number of nitrogens with zero attached hydrogens (tertiary/aromatic N) is 2. The van der Waals surface area contributed by atoms with Crippen molar-refractivity contribution >= 4 is 17.7 Å². The number of rotatable bonds is 2. The highest BCUT2D eigenvalue weighted by Gasteiger charge is 2.55. The molecule has 1 saturated carbocycles. The Morgan fingerprint density at radius 1 is 1.38 bits per heavy atom. The van der Waals surface area contributed by atoms with E-state index in [0.717, 1.165) is 12.5 Å². The predicted octanol–water partition coefficient (Wildman–Crippen LogP) is 3.30. The molecule has 2 amide bonds. The van der Waals surface area contributed by atoms with Crippen LogP contribution in [-0.4, -0.2) is 35.1 Å². The number of hydrogen-bond acceptors (Lipinski definition) is 3. The molecule has 2 aliphatic rings. The van der Waals surface area contributed by atoms with Gasteiger partial charge in [0.15, 0.2) is 0 Å². The summed E-state index contributed by atoms with van der Waals surface area (Å²) in [5.41, 5.74) is -2.71. The second-order valence-electron chi connectivity index (χ2n) is 6.73. The van der Waals surface area contributed by atoms with Gasteiger partial charge in [-0.15, -0.1) is 0 Å². The molecule has 0 aromatic heterocycles. The van der Waals surface area contributed by atoms with Crippen molar-refractivity contribution in [1.29, 1.82) is 5.26 Å². The average molecular weight is 367 g/mol. The fourth-order valence-corrected chi connectivity index (χ4v) is 3.95. The van der Waals surface area contributed by atoms with Gasteiger partial charge in [0.25, 0.3) is 0 Å². The zero-order valence-electron chi connectivity index (χ0n) is 13.6. The monoisotopic (exact) mass is 367 g/mol. The molecule has 1 heterocycles. The number of nitrogens with one attached hydrogen (secondary N) is 1. The van der Waals surface area contributed by atoms with Crippen LogP contribution in [0.25, 0.3) is 0 Å². The van der Waals surface area contributed by atoms with Gasteiger partial charge in [-0.25, -0.2) is 4.79 Å². The first-order chi connectivity index (χ1) is 12.2. The number of carboxylic acids is 1. The van der Waals surface area contributed by atoms with Crippen molar-refractivity contribution in [3.8, 4) is 6.07 Å². The minimum absolute atomic E-state index is 0.0429. The smallest absolute Gasteiger partial charge is 0.417 e. The molecule has 2 fully saturated rings. The number of amides is 2. The number of carbonyl (C=O) groups excluding carboxylic acids is 1. The molecular weight excluding hydrogens is 351 g/mol. The van der Waals surface area contributed by atoms with Crippen molar-refractivity contribution in [3.05, 3.63) is 29.3 Å². The highest BCUT2D eigenvalue weighted by molar-refractivity contribution is 5.91. The van der Waals surface area contributed by atoms with Crippen LogP contribution in [0.5, 0.6) is 0 Å². The number of hydrogen-bond donors (Lipinski definition) is 2. The zero-order valence-corrected chi connectivity index (χ0v) is 13.6. The van der Waals surface area contributed by atoms with Crippen LogP contribution < -0.4 is 5.32 Å². The number of carboxylic acid groups (broad SMARTS) is 1. The largest absolute Gasteiger partial charge is 0.481 e. The van der Waals surface area contributed by atoms with E-state index in [4.69, 9.17) is 5.26 Å². The van der Waals surface area contributed by atoms with Crippen LogP contribution >= 0.6 is 0 Å². The molecule has 1 aromatic rings. The number of alkyl halides is 3. The van der Waals surface area contributed by atoms with Crippen LogP contribution in [-0.2, 0) is 11.0 Å². The number of urea groups is 1. The topological polar surface area (TPSA) is 93.4 Å². The molecule has 2 N–H and O–H groups in total. The molecular formula is C17H16F3N3O3. The van der Waals surface area contributed by atoms with Gasteiger partial charge in [0.05, 0.1) is 22.6 Å². The van der Waals surface area contributed by atoms with E-state index < -0.39 is 34.7 Å². The third kappa shape index (κ3) is 2.96. The minimum atomic E-state index is -4.72. The van der Waals surface area contributed by atoms with Crippen molar-refractivity contribution < 1.29 is 27.9 Å². The predicted molar refractivity (Wildman–Crippen MR) is 84.2 cm³/mol. The maximum Gasteiger partial charge on any atom is 0.417 e. The Kier molecular flexibility index (Phi) is 4.30. The highest BCUT2D eigenvalue weighted by atomic mass is 19.4. The summed E-state index contributed by atoms with van der Waals surface area (Å²) in [5, 5.41) is 20.7. The van der Waals surface area contributed by atoms with Crippen molar-refractivity contribution in [2.24, 2.45) is 11.3 Å². The van der Waals surface area contributed by atoms with Crippen molar-refractivity contribution in [2.75, 3.05) is 18.4 Å². The van der Waals surface area contributed by atoms with E-state index in [9.17, 15) is 27.9 Å². The Morgan fingerprint density at radius 3 is 2.69 bits per heavy atom. The molecule has 1 aromatic carbocycles. The Balaban J connectivity index is 1.78. The maximum absolute atomic E-state index is 13.0. The van der Waals surface area contributed by atoms with Crippen LogP contribution in [0.1, 0.15) is 30.4 Å². The Hall–Kier alpha value is -2.76. The van der Waals surface area contributed by atoms with Gasteiger partial charge in [-0.05, 0) is 37.0 Å². The lowest BCUT2D eigenvalue weighted by Crippen LogP contribution is -2.38. The van der Waals surface area contributed by atoms with E-state index in [1.165, 1.54) is 17.0 Å². The first kappa shape index (κ1) is 18.0. The van der Waals surface area contributed by atoms with Gasteiger partial charge < -0.3 is 15.3 Å². The normalized spacial score (nSPS) is 24.8. The third-order valence-electron chi connectivity index (χ3n) is 5.28. The van der Waals surface area contributed by atoms with Crippen LogP contribution in [0.3, 0.4) is 0 Å². The fourth-order valence-electron chi connectivity index (χ4n) is 3.95. The van der Waals surface area contributed by atoms with Crippen LogP contribution in [0.2, 0.25) is 0 Å². The average Bonchev–Trinajstić information content (AvgIpc) is 3.12. The third-order valence-corrected chi connectivity index (χ3v) is 5.28. The standard InChI is InChI=1S/C17H16F3N3O3/c18-17(19,20)13-6-12(4-3-10(13)7-21)22-15(26)23-8-11-2-1-5-16(11,9-23)14(24)25/h3-4,6,11H,1-2,5,8-9H2,(H,22,26)(H,24,25)/t11-,16+/m0/s1. The van der Waals surface area contributed by atoms with Gasteiger partial charge >= 0.3 is 18.2 Å². The molecule has 2 atom stereocenters. The molecule has 0 bridgehead atoms. The zero-order chi connectivity index (χ0) is 19.1. The molecule has 1 saturated heterocycles. The second-order valence-corrected chi connectivity index (χ2v) is 6.73. The van der Waals surface area contributed by atoms with E-state index in [2.05, 4.69) is 5.32 Å². The lowest BCUT2D eigenvalue weighted by molar-refractivity contribution is -0.149. The highest BCUT2D eigenvalue weighted by Crippen LogP contribution is 2.49. The first-order valence-corrected chi connectivity index (χ1v) is 8.08. The quantitative estimate of drug-likeness (QED) is 0.839. The SMILES string of the molecule is N#Cc1ccc(NC(=O)N2C[C@@H]3CCC[C@@]3(C(=O)O)C2)cc1C(F)(F)F. The maximum atomic E-state index is 13.0. The Morgan fingerprint density at radius 2 is 2.12 bits per heavy atom. The fraction of sp³-hybridized carbons (Fsp3) is 0.471. The Bertz CT molecular complexity index is 803. The van der Waals surface area contributed by atoms with Crippen LogP contribution in [0, 0.1) is 22.7 Å². The van der Waals surface area contributed by atoms with E-state index in [0.29, 0.717) is 18.9 Å². The van der Waals surface area contributed by atoms with Gasteiger partial charge in [-0.3, -0.25) is 4.79 Å². The Labute approximate surface area is 147 Å². The van der Waals surface area contributed by atoms with Crippen LogP contribution in [0.4, 0.5) is 23.7 Å². The summed E-state index contributed by atoms with van der Waals surface area (Å²) in [6.45, 7) is 0.307. The molecule has 9 heteroatoms. The molecule has 3 rings (SSSR count). The molecule has 1 aliphatic carbocycles. The number of carbonyl (C=O) groups is 2. The van der Waals surface area contributed by atoms with Gasteiger partial charge in [0.2, 0.25) is 0 Å². The van der Waals surface area contributed by atoms with Gasteiger partial charge in [-0.2, -0.15) is 18.4 Å². The molecule has 6 nitrogen and oxygen atoms in total. The summed E-state index contributed by atoms with van der Waals surface area (Å²) in [7, 11) is 0. The second kappa shape index (κ2) is 6.20. The number of fused-ring (bicyclic) bond motifs is 1. The molecule has 1 aliphatic heterocycles. The molecule has 0 unspecified atom stereocenters. The number of nitriles is 1. The van der Waals surface area contributed by atoms with Crippen molar-refractivity contribution in [1.82, 2.24) is 4.90 Å². The van der Waals surface area contributed by atoms with E-state index >= 15 is 0 Å². The number of aliphatic carboxylic acids is 1. The summed E-state index contributed by atoms with van der Waals surface area (Å²) in [4.78, 5) is 25.4. The number of likely N-dealkylation sites (tertiary alicyclic amines) is 1. The number of anilines is 1. The lowest BCUT2D eigenvalue weighted by atomic mass is 9.81. The summed E-state index contributed by atoms with van der Waals surface area (Å²) in [5.74, 6) is -1.08. The minimum Gasteiger partial charge on any atom is -0.481 e. The molecule has 26 heavy (non-hydrogen) atoms. The number of halogens is 3. The van der Waals surface area contributed by atoms with Gasteiger partial charge in [0.1, 0.15) is 0 Å². The molecule has 0 spiro atoms. The summed E-state index contributed by atoms with van der Waals surface area (Å²) >= 11 is 0. The van der Waals surface area contributed by atoms with E-state index in [1.54, 1.807) is 0 Å². The summed E-state index contributed by atoms with van der Waals surface area (Å²) in [6.07, 6.45) is -2.72.